The molecule has 4 rings (SSSR count). The van der Waals surface area contributed by atoms with Crippen molar-refractivity contribution in [1.29, 1.82) is 0 Å². The lowest BCUT2D eigenvalue weighted by Crippen LogP contribution is -2.45. The number of benzene rings is 2. The Morgan fingerprint density at radius 2 is 1.75 bits per heavy atom. The molecule has 0 spiro atoms. The van der Waals surface area contributed by atoms with Crippen LogP contribution in [0.3, 0.4) is 0 Å². The van der Waals surface area contributed by atoms with Crippen molar-refractivity contribution >= 4 is 28.4 Å². The molecule has 1 unspecified atom stereocenters. The van der Waals surface area contributed by atoms with E-state index in [1.54, 1.807) is 6.07 Å². The average molecular weight is 433 g/mol. The van der Waals surface area contributed by atoms with Crippen LogP contribution in [0, 0.1) is 13.8 Å². The second kappa shape index (κ2) is 9.89. The molecule has 0 saturated carbocycles. The van der Waals surface area contributed by atoms with E-state index in [4.69, 9.17) is 4.74 Å². The molecular formula is C25H28N4O3. The number of fused-ring (bicyclic) bond motifs is 1. The Morgan fingerprint density at radius 1 is 1.03 bits per heavy atom. The lowest BCUT2D eigenvalue weighted by atomic mass is 10.0. The van der Waals surface area contributed by atoms with Crippen molar-refractivity contribution in [3.05, 3.63) is 71.4 Å². The maximum Gasteiger partial charge on any atom is 0.313 e. The van der Waals surface area contributed by atoms with Crippen molar-refractivity contribution in [3.63, 3.8) is 0 Å². The summed E-state index contributed by atoms with van der Waals surface area (Å²) >= 11 is 0. The molecule has 0 bridgehead atoms. The van der Waals surface area contributed by atoms with Crippen LogP contribution in [-0.2, 0) is 14.3 Å². The van der Waals surface area contributed by atoms with Gasteiger partial charge >= 0.3 is 11.8 Å². The summed E-state index contributed by atoms with van der Waals surface area (Å²) in [5.41, 5.74) is 4.41. The van der Waals surface area contributed by atoms with Gasteiger partial charge in [0.25, 0.3) is 0 Å². The van der Waals surface area contributed by atoms with Gasteiger partial charge in [-0.1, -0.05) is 48.0 Å². The van der Waals surface area contributed by atoms with Crippen molar-refractivity contribution in [1.82, 2.24) is 15.2 Å². The van der Waals surface area contributed by atoms with E-state index < -0.39 is 11.8 Å². The molecule has 0 aliphatic carbocycles. The predicted molar refractivity (Wildman–Crippen MR) is 124 cm³/mol. The summed E-state index contributed by atoms with van der Waals surface area (Å²) in [5, 5.41) is 6.37. The second-order valence-electron chi connectivity index (χ2n) is 8.07. The van der Waals surface area contributed by atoms with Gasteiger partial charge in [-0.3, -0.25) is 19.5 Å². The van der Waals surface area contributed by atoms with E-state index in [2.05, 4.69) is 44.8 Å². The topological polar surface area (TPSA) is 83.6 Å². The molecule has 2 N–H and O–H groups in total. The number of carbonyl (C=O) groups is 2. The predicted octanol–water partition coefficient (Wildman–Crippen LogP) is 2.98. The van der Waals surface area contributed by atoms with Crippen molar-refractivity contribution < 1.29 is 14.3 Å². The fourth-order valence-corrected chi connectivity index (χ4v) is 4.00. The van der Waals surface area contributed by atoms with Crippen LogP contribution in [0.25, 0.3) is 10.9 Å². The number of morpholine rings is 1. The zero-order chi connectivity index (χ0) is 22.5. The van der Waals surface area contributed by atoms with Crippen molar-refractivity contribution in [2.45, 2.75) is 19.9 Å². The number of ether oxygens (including phenoxy) is 1. The fourth-order valence-electron chi connectivity index (χ4n) is 4.00. The Labute approximate surface area is 187 Å². The first-order chi connectivity index (χ1) is 15.5. The molecule has 1 aliphatic heterocycles. The molecule has 7 nitrogen and oxygen atoms in total. The summed E-state index contributed by atoms with van der Waals surface area (Å²) in [6.07, 6.45) is 0. The molecule has 1 aromatic heterocycles. The molecule has 1 saturated heterocycles. The lowest BCUT2D eigenvalue weighted by Gasteiger charge is -2.35. The number of nitrogens with one attached hydrogen (secondary N) is 2. The highest BCUT2D eigenvalue weighted by molar-refractivity contribution is 6.40. The monoisotopic (exact) mass is 432 g/mol. The van der Waals surface area contributed by atoms with Crippen LogP contribution < -0.4 is 10.6 Å². The van der Waals surface area contributed by atoms with E-state index in [-0.39, 0.29) is 6.04 Å². The van der Waals surface area contributed by atoms with Crippen LogP contribution in [0.5, 0.6) is 0 Å². The lowest BCUT2D eigenvalue weighted by molar-refractivity contribution is -0.136. The second-order valence-corrected chi connectivity index (χ2v) is 8.07. The average Bonchev–Trinajstić information content (AvgIpc) is 2.80. The molecule has 1 aliphatic rings. The third-order valence-electron chi connectivity index (χ3n) is 5.70. The number of carbonyl (C=O) groups excluding carboxylic acids is 2. The number of hydrogen-bond acceptors (Lipinski definition) is 5. The third-order valence-corrected chi connectivity index (χ3v) is 5.70. The zero-order valence-corrected chi connectivity index (χ0v) is 18.4. The first kappa shape index (κ1) is 21.9. The van der Waals surface area contributed by atoms with Gasteiger partial charge in [0.15, 0.2) is 0 Å². The van der Waals surface area contributed by atoms with Gasteiger partial charge in [0, 0.05) is 30.7 Å². The Hall–Kier alpha value is -3.29. The van der Waals surface area contributed by atoms with E-state index in [0.717, 1.165) is 35.2 Å². The quantitative estimate of drug-likeness (QED) is 0.606. The van der Waals surface area contributed by atoms with Gasteiger partial charge in [0.05, 0.1) is 30.5 Å². The minimum atomic E-state index is -0.689. The highest BCUT2D eigenvalue weighted by Crippen LogP contribution is 2.24. The minimum absolute atomic E-state index is 0.0275. The molecule has 1 atom stereocenters. The molecule has 2 heterocycles. The Kier molecular flexibility index (Phi) is 6.78. The van der Waals surface area contributed by atoms with Gasteiger partial charge in [-0.05, 0) is 31.5 Å². The van der Waals surface area contributed by atoms with E-state index in [0.29, 0.717) is 25.4 Å². The normalized spacial score (nSPS) is 15.3. The smallest absolute Gasteiger partial charge is 0.313 e. The van der Waals surface area contributed by atoms with Gasteiger partial charge in [-0.25, -0.2) is 0 Å². The van der Waals surface area contributed by atoms with Crippen LogP contribution in [0.1, 0.15) is 22.9 Å². The standard InChI is InChI=1S/C25H28N4O3/c1-17-7-9-19(10-8-17)23(29-11-13-32-14-12-29)16-26-24(30)25(31)28-22-15-18(2)27-21-6-4-3-5-20(21)22/h3-10,15,23H,11-14,16H2,1-2H3,(H,26,30)(H,27,28,31). The first-order valence-corrected chi connectivity index (χ1v) is 10.9. The van der Waals surface area contributed by atoms with Crippen molar-refractivity contribution in [2.24, 2.45) is 0 Å². The zero-order valence-electron chi connectivity index (χ0n) is 18.4. The Bertz CT molecular complexity index is 1110. The Balaban J connectivity index is 1.46. The number of aromatic nitrogens is 1. The summed E-state index contributed by atoms with van der Waals surface area (Å²) in [6, 6.07) is 17.6. The van der Waals surface area contributed by atoms with Crippen LogP contribution in [0.4, 0.5) is 5.69 Å². The molecule has 2 amide bonds. The van der Waals surface area contributed by atoms with Gasteiger partial charge in [-0.15, -0.1) is 0 Å². The summed E-state index contributed by atoms with van der Waals surface area (Å²) in [7, 11) is 0. The fraction of sp³-hybridized carbons (Fsp3) is 0.320. The number of para-hydroxylation sites is 1. The highest BCUT2D eigenvalue weighted by atomic mass is 16.5. The summed E-state index contributed by atoms with van der Waals surface area (Å²) in [4.78, 5) is 32.1. The summed E-state index contributed by atoms with van der Waals surface area (Å²) in [5.74, 6) is -1.35. The number of anilines is 1. The van der Waals surface area contributed by atoms with Crippen molar-refractivity contribution in [2.75, 3.05) is 38.2 Å². The molecule has 1 fully saturated rings. The molecule has 7 heteroatoms. The number of nitrogens with zero attached hydrogens (tertiary/aromatic N) is 2. The SMILES string of the molecule is Cc1ccc(C(CNC(=O)C(=O)Nc2cc(C)nc3ccccc23)N2CCOCC2)cc1. The number of aryl methyl sites for hydroxylation is 2. The molecule has 166 valence electrons. The number of pyridine rings is 1. The van der Waals surface area contributed by atoms with E-state index in [9.17, 15) is 9.59 Å². The molecule has 0 radical (unpaired) electrons. The number of rotatable bonds is 5. The first-order valence-electron chi connectivity index (χ1n) is 10.9. The van der Waals surface area contributed by atoms with Crippen LogP contribution >= 0.6 is 0 Å². The van der Waals surface area contributed by atoms with E-state index >= 15 is 0 Å². The maximum atomic E-state index is 12.7. The molecule has 3 aromatic rings. The van der Waals surface area contributed by atoms with Gasteiger partial charge in [0.2, 0.25) is 0 Å². The molecule has 2 aromatic carbocycles. The minimum Gasteiger partial charge on any atom is -0.379 e. The van der Waals surface area contributed by atoms with Gasteiger partial charge in [-0.2, -0.15) is 0 Å². The van der Waals surface area contributed by atoms with Gasteiger partial charge in [0.1, 0.15) is 0 Å². The van der Waals surface area contributed by atoms with E-state index in [1.165, 1.54) is 5.56 Å². The Morgan fingerprint density at radius 3 is 2.50 bits per heavy atom. The number of hydrogen-bond donors (Lipinski definition) is 2. The molecular weight excluding hydrogens is 404 g/mol. The van der Waals surface area contributed by atoms with Crippen LogP contribution in [0.2, 0.25) is 0 Å². The van der Waals surface area contributed by atoms with Crippen LogP contribution in [-0.4, -0.2) is 54.5 Å². The number of amides is 2. The van der Waals surface area contributed by atoms with Crippen molar-refractivity contribution in [3.8, 4) is 0 Å². The highest BCUT2D eigenvalue weighted by Gasteiger charge is 2.24. The van der Waals surface area contributed by atoms with E-state index in [1.807, 2.05) is 38.1 Å². The molecule has 32 heavy (non-hydrogen) atoms. The maximum absolute atomic E-state index is 12.7. The van der Waals surface area contributed by atoms with Crippen LogP contribution in [0.15, 0.2) is 54.6 Å². The largest absolute Gasteiger partial charge is 0.379 e. The summed E-state index contributed by atoms with van der Waals surface area (Å²) < 4.78 is 5.48. The summed E-state index contributed by atoms with van der Waals surface area (Å²) in [6.45, 7) is 7.12. The third kappa shape index (κ3) is 5.12. The van der Waals surface area contributed by atoms with Gasteiger partial charge < -0.3 is 15.4 Å².